The Hall–Kier alpha value is -3.89. The molecule has 0 saturated heterocycles. The van der Waals surface area contributed by atoms with Gasteiger partial charge in [-0.3, -0.25) is 5.32 Å². The molecule has 1 fully saturated rings. The highest BCUT2D eigenvalue weighted by Crippen LogP contribution is 2.41. The lowest BCUT2D eigenvalue weighted by atomic mass is 9.90. The van der Waals surface area contributed by atoms with Gasteiger partial charge in [-0.15, -0.1) is 0 Å². The Labute approximate surface area is 191 Å². The summed E-state index contributed by atoms with van der Waals surface area (Å²) in [5.74, 6) is 0.503. The Morgan fingerprint density at radius 3 is 2.73 bits per heavy atom. The number of fused-ring (bicyclic) bond motifs is 1. The number of hydrogen-bond acceptors (Lipinski definition) is 9. The summed E-state index contributed by atoms with van der Waals surface area (Å²) >= 11 is 0. The zero-order valence-corrected chi connectivity index (χ0v) is 18.1. The second-order valence-corrected chi connectivity index (χ2v) is 8.26. The standard InChI is InChI=1S/C23H25FN8O/c24-15-6-7-16(14(8-15)11-33-10-13-4-2-1-3-5-13)20-18-19(27)17(9-25)21(28)31-22(18)32-23(30-20)29-12-26/h6-8,13,20H,1-5,10-11H2,(H6,27,28,29,30,31,32). The fourth-order valence-electron chi connectivity index (χ4n) is 4.46. The molecular formula is C23H25FN8O. The zero-order chi connectivity index (χ0) is 23.4. The maximum atomic E-state index is 14.2. The van der Waals surface area contributed by atoms with E-state index in [1.54, 1.807) is 6.07 Å². The first-order valence-corrected chi connectivity index (χ1v) is 10.9. The van der Waals surface area contributed by atoms with Crippen molar-refractivity contribution in [2.45, 2.75) is 44.8 Å². The summed E-state index contributed by atoms with van der Waals surface area (Å²) in [4.78, 5) is 8.81. The number of benzene rings is 1. The highest BCUT2D eigenvalue weighted by molar-refractivity contribution is 5.98. The van der Waals surface area contributed by atoms with E-state index in [1.807, 2.05) is 12.3 Å². The van der Waals surface area contributed by atoms with Crippen LogP contribution in [0.1, 0.15) is 60.4 Å². The average molecular weight is 449 g/mol. The van der Waals surface area contributed by atoms with E-state index in [0.717, 1.165) is 12.8 Å². The number of rotatable bonds is 5. The number of nitrogens with zero attached hydrogens (tertiary/aromatic N) is 4. The minimum atomic E-state index is -0.744. The van der Waals surface area contributed by atoms with Crippen molar-refractivity contribution in [1.82, 2.24) is 10.3 Å². The van der Waals surface area contributed by atoms with Gasteiger partial charge in [0.2, 0.25) is 5.96 Å². The van der Waals surface area contributed by atoms with Gasteiger partial charge in [0, 0.05) is 12.2 Å². The number of ether oxygens (including phenoxy) is 1. The van der Waals surface area contributed by atoms with Gasteiger partial charge in [-0.2, -0.15) is 10.5 Å². The molecule has 170 valence electrons. The number of anilines is 3. The van der Waals surface area contributed by atoms with Crippen molar-refractivity contribution in [2.24, 2.45) is 10.9 Å². The molecule has 10 heteroatoms. The molecule has 2 aromatic rings. The highest BCUT2D eigenvalue weighted by atomic mass is 19.1. The van der Waals surface area contributed by atoms with Crippen LogP contribution in [-0.2, 0) is 11.3 Å². The first-order chi connectivity index (χ1) is 16.0. The van der Waals surface area contributed by atoms with Crippen molar-refractivity contribution in [3.63, 3.8) is 0 Å². The number of aliphatic imine (C=N–C) groups is 1. The fourth-order valence-corrected chi connectivity index (χ4v) is 4.46. The molecule has 1 unspecified atom stereocenters. The third-order valence-corrected chi connectivity index (χ3v) is 6.09. The van der Waals surface area contributed by atoms with Gasteiger partial charge in [-0.25, -0.2) is 14.4 Å². The van der Waals surface area contributed by atoms with Gasteiger partial charge < -0.3 is 21.5 Å². The van der Waals surface area contributed by atoms with E-state index in [-0.39, 0.29) is 35.5 Å². The Balaban J connectivity index is 1.71. The van der Waals surface area contributed by atoms with E-state index in [0.29, 0.717) is 29.2 Å². The molecule has 1 saturated carbocycles. The number of nitrogen functional groups attached to an aromatic ring is 2. The van der Waals surface area contributed by atoms with Crippen molar-refractivity contribution >= 4 is 23.3 Å². The maximum absolute atomic E-state index is 14.2. The number of guanidine groups is 1. The quantitative estimate of drug-likeness (QED) is 0.401. The number of nitriles is 2. The van der Waals surface area contributed by atoms with E-state index in [9.17, 15) is 9.65 Å². The van der Waals surface area contributed by atoms with Gasteiger partial charge in [-0.1, -0.05) is 25.3 Å². The zero-order valence-electron chi connectivity index (χ0n) is 18.1. The third kappa shape index (κ3) is 4.66. The molecule has 2 aliphatic rings. The van der Waals surface area contributed by atoms with Crippen molar-refractivity contribution < 1.29 is 9.13 Å². The topological polar surface area (TPSA) is 158 Å². The summed E-state index contributed by atoms with van der Waals surface area (Å²) < 4.78 is 20.2. The predicted molar refractivity (Wildman–Crippen MR) is 122 cm³/mol. The average Bonchev–Trinajstić information content (AvgIpc) is 2.80. The molecule has 33 heavy (non-hydrogen) atoms. The van der Waals surface area contributed by atoms with Crippen LogP contribution in [0, 0.1) is 34.5 Å². The molecule has 2 heterocycles. The molecule has 0 bridgehead atoms. The number of pyridine rings is 1. The summed E-state index contributed by atoms with van der Waals surface area (Å²) in [6, 6.07) is 5.59. The van der Waals surface area contributed by atoms with E-state index in [1.165, 1.54) is 31.4 Å². The molecule has 1 aromatic carbocycles. The highest BCUT2D eigenvalue weighted by Gasteiger charge is 2.31. The lowest BCUT2D eigenvalue weighted by molar-refractivity contribution is 0.0733. The maximum Gasteiger partial charge on any atom is 0.211 e. The first kappa shape index (κ1) is 22.3. The van der Waals surface area contributed by atoms with E-state index < -0.39 is 11.9 Å². The van der Waals surface area contributed by atoms with Crippen molar-refractivity contribution in [1.29, 1.82) is 10.5 Å². The Kier molecular flexibility index (Phi) is 6.57. The second-order valence-electron chi connectivity index (χ2n) is 8.26. The van der Waals surface area contributed by atoms with Crippen molar-refractivity contribution in [3.05, 3.63) is 46.3 Å². The van der Waals surface area contributed by atoms with Crippen molar-refractivity contribution in [2.75, 3.05) is 23.4 Å². The van der Waals surface area contributed by atoms with E-state index in [2.05, 4.69) is 20.6 Å². The largest absolute Gasteiger partial charge is 0.397 e. The molecule has 0 radical (unpaired) electrons. The predicted octanol–water partition coefficient (Wildman–Crippen LogP) is 3.30. The van der Waals surface area contributed by atoms with Gasteiger partial charge in [0.1, 0.15) is 35.1 Å². The van der Waals surface area contributed by atoms with Crippen LogP contribution < -0.4 is 22.1 Å². The lowest BCUT2D eigenvalue weighted by Crippen LogP contribution is -2.33. The van der Waals surface area contributed by atoms with Gasteiger partial charge in [0.05, 0.1) is 12.3 Å². The van der Waals surface area contributed by atoms with Crippen LogP contribution in [-0.4, -0.2) is 17.6 Å². The number of halogens is 1. The number of aromatic nitrogens is 1. The SMILES string of the molecule is N#CNC1=NC(c2ccc(F)cc2COCC2CCCCC2)c2c(nc(N)c(C#N)c2N)N1. The van der Waals surface area contributed by atoms with E-state index in [4.69, 9.17) is 21.5 Å². The lowest BCUT2D eigenvalue weighted by Gasteiger charge is -2.27. The number of hydrogen-bond donors (Lipinski definition) is 4. The Morgan fingerprint density at radius 2 is 2.00 bits per heavy atom. The molecule has 1 aliphatic heterocycles. The van der Waals surface area contributed by atoms with Crippen LogP contribution in [0.3, 0.4) is 0 Å². The second kappa shape index (κ2) is 9.72. The minimum absolute atomic E-state index is 0.0339. The number of nitrogens with two attached hydrogens (primary N) is 2. The number of nitrogens with one attached hydrogen (secondary N) is 2. The molecule has 4 rings (SSSR count). The van der Waals surface area contributed by atoms with Crippen LogP contribution >= 0.6 is 0 Å². The first-order valence-electron chi connectivity index (χ1n) is 10.9. The van der Waals surface area contributed by atoms with Crippen LogP contribution in [0.15, 0.2) is 23.2 Å². The van der Waals surface area contributed by atoms with Gasteiger partial charge in [0.25, 0.3) is 0 Å². The van der Waals surface area contributed by atoms with Crippen LogP contribution in [0.5, 0.6) is 0 Å². The summed E-state index contributed by atoms with van der Waals surface area (Å²) in [5, 5.41) is 23.9. The smallest absolute Gasteiger partial charge is 0.211 e. The normalized spacial score (nSPS) is 17.8. The molecule has 1 atom stereocenters. The molecule has 0 spiro atoms. The van der Waals surface area contributed by atoms with Crippen LogP contribution in [0.25, 0.3) is 0 Å². The van der Waals surface area contributed by atoms with Crippen LogP contribution in [0.2, 0.25) is 0 Å². The van der Waals surface area contributed by atoms with Gasteiger partial charge in [0.15, 0.2) is 6.19 Å². The third-order valence-electron chi connectivity index (χ3n) is 6.09. The summed E-state index contributed by atoms with van der Waals surface area (Å²) in [6.07, 6.45) is 7.80. The fraction of sp³-hybridized carbons (Fsp3) is 0.391. The van der Waals surface area contributed by atoms with Crippen molar-refractivity contribution in [3.8, 4) is 12.3 Å². The Bertz CT molecular complexity index is 1160. The summed E-state index contributed by atoms with van der Waals surface area (Å²) in [5.41, 5.74) is 14.1. The monoisotopic (exact) mass is 448 g/mol. The summed E-state index contributed by atoms with van der Waals surface area (Å²) in [7, 11) is 0. The Morgan fingerprint density at radius 1 is 1.21 bits per heavy atom. The molecule has 1 aliphatic carbocycles. The van der Waals surface area contributed by atoms with E-state index >= 15 is 0 Å². The van der Waals surface area contributed by atoms with Crippen LogP contribution in [0.4, 0.5) is 21.7 Å². The molecule has 6 N–H and O–H groups in total. The van der Waals surface area contributed by atoms with Gasteiger partial charge >= 0.3 is 0 Å². The van der Waals surface area contributed by atoms with Gasteiger partial charge in [-0.05, 0) is 42.0 Å². The molecular weight excluding hydrogens is 423 g/mol. The molecule has 0 amide bonds. The summed E-state index contributed by atoms with van der Waals surface area (Å²) in [6.45, 7) is 0.814. The minimum Gasteiger partial charge on any atom is -0.397 e. The molecule has 1 aromatic heterocycles. The molecule has 9 nitrogen and oxygen atoms in total.